The third-order valence-corrected chi connectivity index (χ3v) is 2.99. The molecule has 1 aromatic heterocycles. The van der Waals surface area contributed by atoms with Crippen LogP contribution in [-0.2, 0) is 6.54 Å². The topological polar surface area (TPSA) is 63.0 Å². The molecule has 5 heteroatoms. The first kappa shape index (κ1) is 10.6. The number of nitrogens with one attached hydrogen (secondary N) is 1. The molecule has 0 unspecified atom stereocenters. The molecule has 84 valence electrons. The molecule has 0 spiro atoms. The number of piperidine rings is 1. The number of aromatic nitrogens is 3. The molecule has 15 heavy (non-hydrogen) atoms. The van der Waals surface area contributed by atoms with Gasteiger partial charge in [-0.15, -0.1) is 10.2 Å². The van der Waals surface area contributed by atoms with Crippen molar-refractivity contribution in [2.45, 2.75) is 32.2 Å². The molecule has 0 amide bonds. The maximum atomic E-state index is 9.00. The quantitative estimate of drug-likeness (QED) is 0.739. The normalized spacial score (nSPS) is 18.3. The first-order chi connectivity index (χ1) is 7.33. The standard InChI is InChI=1S/C10H18N4O/c1-8-12-13-10(14(8)6-7-15)9-2-4-11-5-3-9/h9,11,15H,2-7H2,1H3. The van der Waals surface area contributed by atoms with Crippen LogP contribution < -0.4 is 5.32 Å². The lowest BCUT2D eigenvalue weighted by Crippen LogP contribution is -2.28. The van der Waals surface area contributed by atoms with Crippen LogP contribution in [0.15, 0.2) is 0 Å². The average Bonchev–Trinajstić information content (AvgIpc) is 2.63. The summed E-state index contributed by atoms with van der Waals surface area (Å²) in [7, 11) is 0. The van der Waals surface area contributed by atoms with Crippen LogP contribution in [0.3, 0.4) is 0 Å². The minimum atomic E-state index is 0.150. The second-order valence-corrected chi connectivity index (χ2v) is 4.00. The Morgan fingerprint density at radius 3 is 2.80 bits per heavy atom. The predicted octanol–water partition coefficient (Wildman–Crippen LogP) is 0.0458. The maximum absolute atomic E-state index is 9.00. The van der Waals surface area contributed by atoms with Crippen LogP contribution in [-0.4, -0.2) is 39.6 Å². The highest BCUT2D eigenvalue weighted by Crippen LogP contribution is 2.23. The van der Waals surface area contributed by atoms with Crippen LogP contribution >= 0.6 is 0 Å². The molecule has 0 radical (unpaired) electrons. The number of nitrogens with zero attached hydrogens (tertiary/aromatic N) is 3. The van der Waals surface area contributed by atoms with E-state index in [2.05, 4.69) is 15.5 Å². The molecule has 0 bridgehead atoms. The van der Waals surface area contributed by atoms with Crippen molar-refractivity contribution in [1.82, 2.24) is 20.1 Å². The summed E-state index contributed by atoms with van der Waals surface area (Å²) in [4.78, 5) is 0. The van der Waals surface area contributed by atoms with Gasteiger partial charge in [-0.2, -0.15) is 0 Å². The Labute approximate surface area is 89.5 Å². The van der Waals surface area contributed by atoms with Gasteiger partial charge >= 0.3 is 0 Å². The van der Waals surface area contributed by atoms with E-state index in [0.29, 0.717) is 12.5 Å². The van der Waals surface area contributed by atoms with Crippen molar-refractivity contribution in [3.63, 3.8) is 0 Å². The Balaban J connectivity index is 2.18. The van der Waals surface area contributed by atoms with Gasteiger partial charge in [-0.3, -0.25) is 0 Å². The number of aliphatic hydroxyl groups excluding tert-OH is 1. The fourth-order valence-corrected chi connectivity index (χ4v) is 2.16. The Morgan fingerprint density at radius 1 is 1.40 bits per heavy atom. The molecule has 2 rings (SSSR count). The molecule has 0 atom stereocenters. The summed E-state index contributed by atoms with van der Waals surface area (Å²) in [5.41, 5.74) is 0. The molecule has 2 heterocycles. The number of aryl methyl sites for hydroxylation is 1. The third-order valence-electron chi connectivity index (χ3n) is 2.99. The highest BCUT2D eigenvalue weighted by Gasteiger charge is 2.21. The van der Waals surface area contributed by atoms with Crippen LogP contribution in [0.2, 0.25) is 0 Å². The molecule has 1 aliphatic heterocycles. The van der Waals surface area contributed by atoms with Gasteiger partial charge in [0.05, 0.1) is 6.61 Å². The lowest BCUT2D eigenvalue weighted by Gasteiger charge is -2.22. The van der Waals surface area contributed by atoms with Crippen molar-refractivity contribution in [1.29, 1.82) is 0 Å². The largest absolute Gasteiger partial charge is 0.395 e. The van der Waals surface area contributed by atoms with Gasteiger partial charge in [0.1, 0.15) is 11.6 Å². The number of rotatable bonds is 3. The minimum Gasteiger partial charge on any atom is -0.395 e. The summed E-state index contributed by atoms with van der Waals surface area (Å²) in [6.45, 7) is 4.80. The summed E-state index contributed by atoms with van der Waals surface area (Å²) >= 11 is 0. The van der Waals surface area contributed by atoms with E-state index in [-0.39, 0.29) is 6.61 Å². The lowest BCUT2D eigenvalue weighted by atomic mass is 9.97. The molecule has 0 saturated carbocycles. The molecule has 1 aliphatic rings. The van der Waals surface area contributed by atoms with Gasteiger partial charge in [-0.05, 0) is 32.9 Å². The van der Waals surface area contributed by atoms with Crippen molar-refractivity contribution in [3.05, 3.63) is 11.6 Å². The Kier molecular flexibility index (Phi) is 3.33. The van der Waals surface area contributed by atoms with Gasteiger partial charge in [0, 0.05) is 12.5 Å². The zero-order valence-corrected chi connectivity index (χ0v) is 9.11. The van der Waals surface area contributed by atoms with Crippen LogP contribution in [0.5, 0.6) is 0 Å². The van der Waals surface area contributed by atoms with E-state index in [1.807, 2.05) is 11.5 Å². The number of aliphatic hydroxyl groups is 1. The van der Waals surface area contributed by atoms with E-state index < -0.39 is 0 Å². The summed E-state index contributed by atoms with van der Waals surface area (Å²) in [6.07, 6.45) is 2.23. The van der Waals surface area contributed by atoms with E-state index in [1.165, 1.54) is 0 Å². The minimum absolute atomic E-state index is 0.150. The third kappa shape index (κ3) is 2.18. The summed E-state index contributed by atoms with van der Waals surface area (Å²) < 4.78 is 2.04. The predicted molar refractivity (Wildman–Crippen MR) is 56.7 cm³/mol. The SMILES string of the molecule is Cc1nnc(C2CCNCC2)n1CCO. The summed E-state index contributed by atoms with van der Waals surface area (Å²) in [6, 6.07) is 0. The molecule has 1 fully saturated rings. The molecule has 5 nitrogen and oxygen atoms in total. The number of hydrogen-bond acceptors (Lipinski definition) is 4. The molecule has 0 aromatic carbocycles. The Morgan fingerprint density at radius 2 is 2.13 bits per heavy atom. The zero-order chi connectivity index (χ0) is 10.7. The molecule has 2 N–H and O–H groups in total. The Bertz CT molecular complexity index is 317. The van der Waals surface area contributed by atoms with Crippen molar-refractivity contribution in [2.75, 3.05) is 19.7 Å². The van der Waals surface area contributed by atoms with Gasteiger partial charge in [-0.1, -0.05) is 0 Å². The van der Waals surface area contributed by atoms with Crippen LogP contribution in [0, 0.1) is 6.92 Å². The average molecular weight is 210 g/mol. The van der Waals surface area contributed by atoms with E-state index in [9.17, 15) is 0 Å². The molecular formula is C10H18N4O. The highest BCUT2D eigenvalue weighted by atomic mass is 16.3. The van der Waals surface area contributed by atoms with Crippen molar-refractivity contribution in [3.8, 4) is 0 Å². The van der Waals surface area contributed by atoms with Gasteiger partial charge in [0.2, 0.25) is 0 Å². The van der Waals surface area contributed by atoms with Gasteiger partial charge < -0.3 is 15.0 Å². The first-order valence-electron chi connectivity index (χ1n) is 5.54. The van der Waals surface area contributed by atoms with Crippen LogP contribution in [0.1, 0.15) is 30.4 Å². The molecule has 0 aliphatic carbocycles. The van der Waals surface area contributed by atoms with Crippen molar-refractivity contribution < 1.29 is 5.11 Å². The van der Waals surface area contributed by atoms with Gasteiger partial charge in [0.15, 0.2) is 0 Å². The van der Waals surface area contributed by atoms with E-state index in [0.717, 1.165) is 37.6 Å². The fraction of sp³-hybridized carbons (Fsp3) is 0.800. The summed E-state index contributed by atoms with van der Waals surface area (Å²) in [5, 5.41) is 20.7. The molecule has 1 aromatic rings. The maximum Gasteiger partial charge on any atom is 0.136 e. The Hall–Kier alpha value is -0.940. The summed E-state index contributed by atoms with van der Waals surface area (Å²) in [5.74, 6) is 2.44. The lowest BCUT2D eigenvalue weighted by molar-refractivity contribution is 0.270. The van der Waals surface area contributed by atoms with E-state index in [4.69, 9.17) is 5.11 Å². The monoisotopic (exact) mass is 210 g/mol. The van der Waals surface area contributed by atoms with Crippen LogP contribution in [0.4, 0.5) is 0 Å². The highest BCUT2D eigenvalue weighted by molar-refractivity contribution is 5.02. The van der Waals surface area contributed by atoms with Crippen molar-refractivity contribution in [2.24, 2.45) is 0 Å². The van der Waals surface area contributed by atoms with E-state index in [1.54, 1.807) is 0 Å². The smallest absolute Gasteiger partial charge is 0.136 e. The fourth-order valence-electron chi connectivity index (χ4n) is 2.16. The van der Waals surface area contributed by atoms with Crippen LogP contribution in [0.25, 0.3) is 0 Å². The second-order valence-electron chi connectivity index (χ2n) is 4.00. The number of hydrogen-bond donors (Lipinski definition) is 2. The van der Waals surface area contributed by atoms with Gasteiger partial charge in [-0.25, -0.2) is 0 Å². The molecular weight excluding hydrogens is 192 g/mol. The van der Waals surface area contributed by atoms with Gasteiger partial charge in [0.25, 0.3) is 0 Å². The zero-order valence-electron chi connectivity index (χ0n) is 9.11. The first-order valence-corrected chi connectivity index (χ1v) is 5.54. The second kappa shape index (κ2) is 4.72. The molecule has 1 saturated heterocycles. The van der Waals surface area contributed by atoms with E-state index >= 15 is 0 Å². The van der Waals surface area contributed by atoms with Crippen molar-refractivity contribution >= 4 is 0 Å².